The first-order chi connectivity index (χ1) is 15.0. The van der Waals surface area contributed by atoms with E-state index < -0.39 is 11.8 Å². The molecule has 0 aliphatic carbocycles. The van der Waals surface area contributed by atoms with E-state index in [4.69, 9.17) is 0 Å². The largest absolute Gasteiger partial charge is 0.378 e. The number of hydrogen-bond donors (Lipinski definition) is 3. The first-order valence-electron chi connectivity index (χ1n) is 11.3. The van der Waals surface area contributed by atoms with Crippen molar-refractivity contribution >= 4 is 17.5 Å². The molecule has 31 heavy (non-hydrogen) atoms. The Balaban J connectivity index is 1.49. The molecule has 3 rings (SSSR count). The molecular weight excluding hydrogens is 388 g/mol. The van der Waals surface area contributed by atoms with Crippen molar-refractivity contribution < 1.29 is 14.5 Å². The highest BCUT2D eigenvalue weighted by Gasteiger charge is 2.28. The van der Waals surface area contributed by atoms with E-state index in [-0.39, 0.29) is 6.04 Å². The van der Waals surface area contributed by atoms with Gasteiger partial charge < -0.3 is 20.4 Å². The maximum atomic E-state index is 12.4. The van der Waals surface area contributed by atoms with Gasteiger partial charge in [-0.2, -0.15) is 0 Å². The predicted molar refractivity (Wildman–Crippen MR) is 124 cm³/mol. The van der Waals surface area contributed by atoms with Crippen LogP contribution in [-0.2, 0) is 16.0 Å². The van der Waals surface area contributed by atoms with Crippen LogP contribution in [0.5, 0.6) is 0 Å². The Labute approximate surface area is 185 Å². The van der Waals surface area contributed by atoms with Crippen molar-refractivity contribution in [1.82, 2.24) is 10.6 Å². The minimum absolute atomic E-state index is 0.161. The average molecular weight is 424 g/mol. The van der Waals surface area contributed by atoms with Gasteiger partial charge in [0, 0.05) is 44.7 Å². The van der Waals surface area contributed by atoms with Gasteiger partial charge in [-0.05, 0) is 30.5 Å². The van der Waals surface area contributed by atoms with Gasteiger partial charge in [0.2, 0.25) is 0 Å². The molecule has 6 heteroatoms. The fraction of sp³-hybridized carbons (Fsp3) is 0.440. The van der Waals surface area contributed by atoms with E-state index in [1.54, 1.807) is 0 Å². The molecule has 0 spiro atoms. The van der Waals surface area contributed by atoms with Crippen LogP contribution in [0.25, 0.3) is 0 Å². The number of nitrogens with zero attached hydrogens (tertiary/aromatic N) is 1. The van der Waals surface area contributed by atoms with Crippen LogP contribution in [-0.4, -0.2) is 52.1 Å². The number of benzene rings is 2. The number of quaternary nitrogens is 1. The molecule has 1 fully saturated rings. The standard InChI is InChI=1S/C25H34N4O2/c1-28(2)22-14-12-21(13-15-22)23(29-17-6-7-18-29)19-27-25(31)24(30)26-16-8-11-20-9-4-3-5-10-20/h3-5,9-10,12-15,23H,6-8,11,16-19H2,1-2H3,(H,26,30)(H,27,31)/p+1/t23-/m1/s1. The molecule has 1 saturated heterocycles. The zero-order valence-electron chi connectivity index (χ0n) is 18.7. The van der Waals surface area contributed by atoms with Gasteiger partial charge in [0.05, 0.1) is 19.6 Å². The third-order valence-electron chi connectivity index (χ3n) is 5.99. The van der Waals surface area contributed by atoms with Gasteiger partial charge in [0.25, 0.3) is 0 Å². The summed E-state index contributed by atoms with van der Waals surface area (Å²) in [5, 5.41) is 5.61. The summed E-state index contributed by atoms with van der Waals surface area (Å²) in [5.74, 6) is -1.10. The fourth-order valence-corrected chi connectivity index (χ4v) is 4.17. The lowest BCUT2D eigenvalue weighted by Crippen LogP contribution is -3.11. The highest BCUT2D eigenvalue weighted by molar-refractivity contribution is 6.35. The lowest BCUT2D eigenvalue weighted by atomic mass is 10.0. The van der Waals surface area contributed by atoms with Gasteiger partial charge in [0.1, 0.15) is 6.04 Å². The van der Waals surface area contributed by atoms with Crippen LogP contribution in [0.3, 0.4) is 0 Å². The lowest BCUT2D eigenvalue weighted by molar-refractivity contribution is -0.918. The minimum atomic E-state index is -0.550. The summed E-state index contributed by atoms with van der Waals surface area (Å²) in [4.78, 5) is 28.1. The van der Waals surface area contributed by atoms with E-state index in [1.807, 2.05) is 32.3 Å². The molecule has 1 aliphatic heterocycles. The maximum Gasteiger partial charge on any atom is 0.309 e. The van der Waals surface area contributed by atoms with Crippen LogP contribution in [0, 0.1) is 0 Å². The van der Waals surface area contributed by atoms with Gasteiger partial charge in [0.15, 0.2) is 0 Å². The molecule has 0 radical (unpaired) electrons. The quantitative estimate of drug-likeness (QED) is 0.421. The van der Waals surface area contributed by atoms with Crippen molar-refractivity contribution in [1.29, 1.82) is 0 Å². The first kappa shape index (κ1) is 22.8. The SMILES string of the molecule is CN(C)c1ccc([C@@H](CNC(=O)C(=O)NCCCc2ccccc2)[NH+]2CCCC2)cc1. The summed E-state index contributed by atoms with van der Waals surface area (Å²) in [7, 11) is 4.05. The summed E-state index contributed by atoms with van der Waals surface area (Å²) < 4.78 is 0. The van der Waals surface area contributed by atoms with Crippen LogP contribution in [0.2, 0.25) is 0 Å². The van der Waals surface area contributed by atoms with Crippen molar-refractivity contribution in [2.75, 3.05) is 45.2 Å². The van der Waals surface area contributed by atoms with E-state index in [2.05, 4.69) is 51.9 Å². The molecule has 0 saturated carbocycles. The number of nitrogens with one attached hydrogen (secondary N) is 3. The Morgan fingerprint density at radius 2 is 1.58 bits per heavy atom. The average Bonchev–Trinajstić information content (AvgIpc) is 3.32. The van der Waals surface area contributed by atoms with Crippen LogP contribution in [0.4, 0.5) is 5.69 Å². The Morgan fingerprint density at radius 1 is 0.935 bits per heavy atom. The number of hydrogen-bond acceptors (Lipinski definition) is 3. The third-order valence-corrected chi connectivity index (χ3v) is 5.99. The molecular formula is C25H35N4O2+. The van der Waals surface area contributed by atoms with Crippen LogP contribution < -0.4 is 20.4 Å². The molecule has 2 amide bonds. The molecule has 6 nitrogen and oxygen atoms in total. The van der Waals surface area contributed by atoms with Crippen molar-refractivity contribution in [3.05, 3.63) is 65.7 Å². The van der Waals surface area contributed by atoms with E-state index >= 15 is 0 Å². The number of anilines is 1. The highest BCUT2D eigenvalue weighted by atomic mass is 16.2. The number of amides is 2. The predicted octanol–water partition coefficient (Wildman–Crippen LogP) is 1.34. The zero-order chi connectivity index (χ0) is 22.1. The van der Waals surface area contributed by atoms with Crippen LogP contribution >= 0.6 is 0 Å². The Hall–Kier alpha value is -2.86. The smallest absolute Gasteiger partial charge is 0.309 e. The second-order valence-corrected chi connectivity index (χ2v) is 8.46. The molecule has 0 aromatic heterocycles. The summed E-state index contributed by atoms with van der Waals surface area (Å²) in [6.07, 6.45) is 4.10. The van der Waals surface area contributed by atoms with Crippen LogP contribution in [0.1, 0.15) is 36.4 Å². The zero-order valence-corrected chi connectivity index (χ0v) is 18.7. The molecule has 2 aromatic carbocycles. The van der Waals surface area contributed by atoms with Gasteiger partial charge in [-0.3, -0.25) is 9.59 Å². The van der Waals surface area contributed by atoms with Gasteiger partial charge in [-0.15, -0.1) is 0 Å². The van der Waals surface area contributed by atoms with E-state index in [1.165, 1.54) is 28.9 Å². The van der Waals surface area contributed by atoms with Crippen molar-refractivity contribution in [2.24, 2.45) is 0 Å². The Morgan fingerprint density at radius 3 is 2.23 bits per heavy atom. The van der Waals surface area contributed by atoms with E-state index in [0.29, 0.717) is 13.1 Å². The van der Waals surface area contributed by atoms with Gasteiger partial charge in [-0.1, -0.05) is 42.5 Å². The maximum absolute atomic E-state index is 12.4. The minimum Gasteiger partial charge on any atom is -0.378 e. The molecule has 1 atom stereocenters. The number of aryl methyl sites for hydroxylation is 1. The summed E-state index contributed by atoms with van der Waals surface area (Å²) in [6.45, 7) is 3.16. The molecule has 2 aromatic rings. The first-order valence-corrected chi connectivity index (χ1v) is 11.3. The van der Waals surface area contributed by atoms with Gasteiger partial charge >= 0.3 is 11.8 Å². The third kappa shape index (κ3) is 6.82. The van der Waals surface area contributed by atoms with E-state index in [9.17, 15) is 9.59 Å². The molecule has 0 unspecified atom stereocenters. The molecule has 166 valence electrons. The molecule has 1 aliphatic rings. The van der Waals surface area contributed by atoms with Crippen LogP contribution in [0.15, 0.2) is 54.6 Å². The Bertz CT molecular complexity index is 830. The number of carbonyl (C=O) groups excluding carboxylic acids is 2. The van der Waals surface area contributed by atoms with Crippen molar-refractivity contribution in [3.63, 3.8) is 0 Å². The fourth-order valence-electron chi connectivity index (χ4n) is 4.17. The number of rotatable bonds is 9. The summed E-state index contributed by atoms with van der Waals surface area (Å²) in [5.41, 5.74) is 3.59. The normalized spacial score (nSPS) is 14.8. The Kier molecular flexibility index (Phi) is 8.47. The molecule has 0 bridgehead atoms. The number of carbonyl (C=O) groups is 2. The molecule has 1 heterocycles. The van der Waals surface area contributed by atoms with Crippen molar-refractivity contribution in [2.45, 2.75) is 31.7 Å². The monoisotopic (exact) mass is 423 g/mol. The number of likely N-dealkylation sites (tertiary alicyclic amines) is 1. The second-order valence-electron chi connectivity index (χ2n) is 8.46. The summed E-state index contributed by atoms with van der Waals surface area (Å²) >= 11 is 0. The second kappa shape index (κ2) is 11.5. The van der Waals surface area contributed by atoms with E-state index in [0.717, 1.165) is 31.6 Å². The van der Waals surface area contributed by atoms with Crippen molar-refractivity contribution in [3.8, 4) is 0 Å². The summed E-state index contributed by atoms with van der Waals surface area (Å²) in [6, 6.07) is 18.8. The molecule has 3 N–H and O–H groups in total. The lowest BCUT2D eigenvalue weighted by Gasteiger charge is -2.25. The topological polar surface area (TPSA) is 65.9 Å². The highest BCUT2D eigenvalue weighted by Crippen LogP contribution is 2.17. The van der Waals surface area contributed by atoms with Gasteiger partial charge in [-0.25, -0.2) is 0 Å².